The fourth-order valence-corrected chi connectivity index (χ4v) is 4.81. The van der Waals surface area contributed by atoms with Gasteiger partial charge in [0.2, 0.25) is 0 Å². The van der Waals surface area contributed by atoms with Gasteiger partial charge in [-0.25, -0.2) is 14.2 Å². The van der Waals surface area contributed by atoms with Crippen LogP contribution in [0.15, 0.2) is 48.0 Å². The van der Waals surface area contributed by atoms with Gasteiger partial charge in [-0.15, -0.1) is 11.3 Å². The monoisotopic (exact) mass is 483 g/mol. The van der Waals surface area contributed by atoms with E-state index in [-0.39, 0.29) is 11.4 Å². The van der Waals surface area contributed by atoms with Crippen molar-refractivity contribution in [1.82, 2.24) is 14.5 Å². The Hall–Kier alpha value is -2.76. The zero-order valence-corrected chi connectivity index (χ0v) is 18.2. The molecule has 1 saturated heterocycles. The number of alkyl halides is 3. The van der Waals surface area contributed by atoms with E-state index < -0.39 is 12.1 Å². The Kier molecular flexibility index (Phi) is 6.55. The third-order valence-corrected chi connectivity index (χ3v) is 6.47. The van der Waals surface area contributed by atoms with Crippen molar-refractivity contribution < 1.29 is 32.2 Å². The van der Waals surface area contributed by atoms with Crippen LogP contribution in [0.1, 0.15) is 17.1 Å². The Labute approximate surface area is 191 Å². The topological polar surface area (TPSA) is 67.6 Å². The van der Waals surface area contributed by atoms with Gasteiger partial charge in [-0.05, 0) is 30.0 Å². The largest absolute Gasteiger partial charge is 0.490 e. The van der Waals surface area contributed by atoms with E-state index in [4.69, 9.17) is 14.6 Å². The number of hydrogen-bond acceptors (Lipinski definition) is 5. The van der Waals surface area contributed by atoms with Crippen LogP contribution >= 0.6 is 11.3 Å². The highest BCUT2D eigenvalue weighted by atomic mass is 32.1. The molecule has 2 aliphatic rings. The summed E-state index contributed by atoms with van der Waals surface area (Å²) in [7, 11) is 0. The molecule has 0 radical (unpaired) electrons. The molecule has 2 aromatic heterocycles. The molecule has 176 valence electrons. The molecule has 6 nitrogen and oxygen atoms in total. The summed E-state index contributed by atoms with van der Waals surface area (Å²) in [5.74, 6) is -2.05. The van der Waals surface area contributed by atoms with Gasteiger partial charge in [-0.1, -0.05) is 18.2 Å². The van der Waals surface area contributed by atoms with E-state index in [1.54, 1.807) is 23.5 Å². The van der Waals surface area contributed by atoms with Gasteiger partial charge in [-0.3, -0.25) is 4.90 Å². The predicted octanol–water partition coefficient (Wildman–Crippen LogP) is 4.56. The number of benzene rings is 1. The van der Waals surface area contributed by atoms with E-state index in [1.807, 2.05) is 12.3 Å². The number of aliphatic carboxylic acids is 1. The van der Waals surface area contributed by atoms with E-state index in [0.29, 0.717) is 6.61 Å². The van der Waals surface area contributed by atoms with Crippen molar-refractivity contribution in [3.8, 4) is 11.3 Å². The first-order valence-corrected chi connectivity index (χ1v) is 11.0. The molecule has 0 amide bonds. The number of thiophene rings is 1. The molecule has 1 spiro atoms. The molecule has 4 heterocycles. The van der Waals surface area contributed by atoms with Crippen LogP contribution in [0.4, 0.5) is 17.6 Å². The average molecular weight is 483 g/mol. The third kappa shape index (κ3) is 5.43. The first-order valence-electron chi connectivity index (χ1n) is 10.1. The lowest BCUT2D eigenvalue weighted by Gasteiger charge is -2.35. The maximum absolute atomic E-state index is 13.7. The first kappa shape index (κ1) is 23.4. The van der Waals surface area contributed by atoms with Crippen molar-refractivity contribution in [1.29, 1.82) is 0 Å². The molecule has 0 bridgehead atoms. The smallest absolute Gasteiger partial charge is 0.475 e. The van der Waals surface area contributed by atoms with E-state index in [2.05, 4.69) is 32.0 Å². The fourth-order valence-electron chi connectivity index (χ4n) is 4.07. The molecule has 1 fully saturated rings. The van der Waals surface area contributed by atoms with Crippen LogP contribution in [0.2, 0.25) is 0 Å². The second-order valence-corrected chi connectivity index (χ2v) is 9.00. The quantitative estimate of drug-likeness (QED) is 0.554. The Morgan fingerprint density at radius 3 is 2.70 bits per heavy atom. The molecule has 33 heavy (non-hydrogen) atoms. The van der Waals surface area contributed by atoms with Gasteiger partial charge in [0, 0.05) is 30.1 Å². The predicted molar refractivity (Wildman–Crippen MR) is 113 cm³/mol. The summed E-state index contributed by atoms with van der Waals surface area (Å²) in [5.41, 5.74) is 1.67. The summed E-state index contributed by atoms with van der Waals surface area (Å²) in [4.78, 5) is 17.3. The SMILES string of the molecule is Fc1cccc(-c2cnc3n2CC2(CCN(Cc4cccs4)C2)OC3)c1.O=C(O)C(F)(F)F. The van der Waals surface area contributed by atoms with Crippen LogP contribution < -0.4 is 0 Å². The Balaban J connectivity index is 0.000000325. The zero-order valence-electron chi connectivity index (χ0n) is 17.4. The molecule has 0 aliphatic carbocycles. The lowest BCUT2D eigenvalue weighted by atomic mass is 10.0. The number of carboxylic acids is 1. The van der Waals surface area contributed by atoms with Crippen LogP contribution in [0, 0.1) is 5.82 Å². The molecule has 1 atom stereocenters. The van der Waals surface area contributed by atoms with Crippen molar-refractivity contribution in [3.63, 3.8) is 0 Å². The standard InChI is InChI=1S/C20H20FN3OS.C2HF3O2/c21-16-4-1-3-15(9-16)18-10-22-19-12-25-20(14-24(18)19)6-7-23(13-20)11-17-5-2-8-26-17;3-2(4,5)1(6)7/h1-5,8-10H,6-7,11-14H2;(H,6,7). The molecule has 0 saturated carbocycles. The minimum atomic E-state index is -5.08. The van der Waals surface area contributed by atoms with Gasteiger partial charge in [0.1, 0.15) is 23.8 Å². The first-order chi connectivity index (χ1) is 15.7. The fraction of sp³-hybridized carbons (Fsp3) is 0.364. The molecular weight excluding hydrogens is 462 g/mol. The van der Waals surface area contributed by atoms with E-state index in [9.17, 15) is 17.6 Å². The number of carbonyl (C=O) groups is 1. The number of hydrogen-bond donors (Lipinski definition) is 1. The molecule has 5 rings (SSSR count). The molecular formula is C22H21F4N3O3S. The van der Waals surface area contributed by atoms with Crippen LogP contribution in [-0.4, -0.2) is 50.4 Å². The maximum Gasteiger partial charge on any atom is 0.490 e. The Bertz CT molecular complexity index is 1120. The lowest BCUT2D eigenvalue weighted by Crippen LogP contribution is -2.44. The summed E-state index contributed by atoms with van der Waals surface area (Å²) < 4.78 is 53.9. The number of rotatable bonds is 3. The summed E-state index contributed by atoms with van der Waals surface area (Å²) >= 11 is 1.80. The number of fused-ring (bicyclic) bond motifs is 1. The lowest BCUT2D eigenvalue weighted by molar-refractivity contribution is -0.192. The number of imidazole rings is 1. The normalized spacial score (nSPS) is 20.4. The number of ether oxygens (including phenoxy) is 1. The zero-order chi connectivity index (χ0) is 23.6. The van der Waals surface area contributed by atoms with Gasteiger partial charge in [0.25, 0.3) is 0 Å². The molecule has 1 unspecified atom stereocenters. The number of nitrogens with zero attached hydrogens (tertiary/aromatic N) is 3. The summed E-state index contributed by atoms with van der Waals surface area (Å²) in [6.07, 6.45) is -2.23. The minimum absolute atomic E-state index is 0.174. The highest BCUT2D eigenvalue weighted by molar-refractivity contribution is 7.09. The molecule has 11 heteroatoms. The summed E-state index contributed by atoms with van der Waals surface area (Å²) in [6, 6.07) is 11.0. The minimum Gasteiger partial charge on any atom is -0.475 e. The second-order valence-electron chi connectivity index (χ2n) is 7.97. The number of aromatic nitrogens is 2. The van der Waals surface area contributed by atoms with Gasteiger partial charge in [-0.2, -0.15) is 13.2 Å². The maximum atomic E-state index is 13.7. The number of likely N-dealkylation sites (tertiary alicyclic amines) is 1. The summed E-state index contributed by atoms with van der Waals surface area (Å²) in [5, 5.41) is 9.25. The van der Waals surface area contributed by atoms with Crippen LogP contribution in [0.25, 0.3) is 11.3 Å². The van der Waals surface area contributed by atoms with E-state index >= 15 is 0 Å². The van der Waals surface area contributed by atoms with Crippen molar-refractivity contribution in [2.75, 3.05) is 13.1 Å². The van der Waals surface area contributed by atoms with E-state index in [0.717, 1.165) is 49.7 Å². The molecule has 1 aromatic carbocycles. The van der Waals surface area contributed by atoms with Gasteiger partial charge < -0.3 is 14.4 Å². The third-order valence-electron chi connectivity index (χ3n) is 5.61. The van der Waals surface area contributed by atoms with Crippen LogP contribution in [-0.2, 0) is 29.2 Å². The Morgan fingerprint density at radius 2 is 2.03 bits per heavy atom. The van der Waals surface area contributed by atoms with Crippen molar-refractivity contribution in [3.05, 3.63) is 64.5 Å². The van der Waals surface area contributed by atoms with Gasteiger partial charge in [0.15, 0.2) is 0 Å². The molecule has 3 aromatic rings. The van der Waals surface area contributed by atoms with Crippen molar-refractivity contribution in [2.24, 2.45) is 0 Å². The Morgan fingerprint density at radius 1 is 1.24 bits per heavy atom. The van der Waals surface area contributed by atoms with Crippen molar-refractivity contribution >= 4 is 17.3 Å². The highest BCUT2D eigenvalue weighted by Gasteiger charge is 2.43. The molecule has 2 aliphatic heterocycles. The molecule has 1 N–H and O–H groups in total. The van der Waals surface area contributed by atoms with Crippen LogP contribution in [0.3, 0.4) is 0 Å². The van der Waals surface area contributed by atoms with Crippen LogP contribution in [0.5, 0.6) is 0 Å². The highest BCUT2D eigenvalue weighted by Crippen LogP contribution is 2.36. The number of carboxylic acid groups (broad SMARTS) is 1. The second kappa shape index (κ2) is 9.24. The average Bonchev–Trinajstić information content (AvgIpc) is 3.49. The van der Waals surface area contributed by atoms with Crippen molar-refractivity contribution in [2.45, 2.75) is 37.9 Å². The van der Waals surface area contributed by atoms with E-state index in [1.165, 1.54) is 10.9 Å². The van der Waals surface area contributed by atoms with Gasteiger partial charge in [0.05, 0.1) is 18.4 Å². The van der Waals surface area contributed by atoms with Gasteiger partial charge >= 0.3 is 12.1 Å². The number of halogens is 4. The summed E-state index contributed by atoms with van der Waals surface area (Å²) in [6.45, 7) is 4.23.